The molecule has 1 heterocycles. The molecular weight excluding hydrogens is 150 g/mol. The molecule has 1 saturated heterocycles. The van der Waals surface area contributed by atoms with Crippen LogP contribution in [0.2, 0.25) is 0 Å². The molecule has 2 nitrogen and oxygen atoms in total. The highest BCUT2D eigenvalue weighted by Gasteiger charge is 2.15. The zero-order valence-electron chi connectivity index (χ0n) is 8.18. The molecule has 0 unspecified atom stereocenters. The zero-order chi connectivity index (χ0) is 8.97. The fourth-order valence-corrected chi connectivity index (χ4v) is 1.53. The van der Waals surface area contributed by atoms with E-state index < -0.39 is 0 Å². The van der Waals surface area contributed by atoms with Gasteiger partial charge in [-0.15, -0.1) is 0 Å². The molecule has 2 heteroatoms. The highest BCUT2D eigenvalue weighted by Crippen LogP contribution is 2.16. The number of likely N-dealkylation sites (tertiary alicyclic amines) is 1. The number of methoxy groups -OCH3 is 1. The largest absolute Gasteiger partial charge is 0.500 e. The van der Waals surface area contributed by atoms with Crippen molar-refractivity contribution in [3.63, 3.8) is 0 Å². The summed E-state index contributed by atoms with van der Waals surface area (Å²) >= 11 is 0. The molecule has 1 aliphatic rings. The molecule has 0 atom stereocenters. The van der Waals surface area contributed by atoms with Gasteiger partial charge in [-0.25, -0.2) is 0 Å². The van der Waals surface area contributed by atoms with Crippen LogP contribution in [0.15, 0.2) is 12.3 Å². The van der Waals surface area contributed by atoms with Gasteiger partial charge in [-0.05, 0) is 31.8 Å². The molecule has 1 fully saturated rings. The third-order valence-electron chi connectivity index (χ3n) is 2.56. The molecule has 1 aliphatic heterocycles. The molecule has 0 aromatic heterocycles. The average molecular weight is 169 g/mol. The van der Waals surface area contributed by atoms with Gasteiger partial charge in [0.25, 0.3) is 0 Å². The van der Waals surface area contributed by atoms with Crippen LogP contribution < -0.4 is 0 Å². The van der Waals surface area contributed by atoms with Gasteiger partial charge < -0.3 is 4.74 Å². The summed E-state index contributed by atoms with van der Waals surface area (Å²) in [6, 6.07) is 0. The lowest BCUT2D eigenvalue weighted by molar-refractivity contribution is 0.169. The number of hydrogen-bond acceptors (Lipinski definition) is 2. The van der Waals surface area contributed by atoms with Crippen molar-refractivity contribution in [3.8, 4) is 0 Å². The first kappa shape index (κ1) is 9.59. The Hall–Kier alpha value is -0.500. The van der Waals surface area contributed by atoms with Crippen molar-refractivity contribution >= 4 is 0 Å². The second kappa shape index (κ2) is 4.51. The van der Waals surface area contributed by atoms with Crippen molar-refractivity contribution in [2.24, 2.45) is 5.92 Å². The summed E-state index contributed by atoms with van der Waals surface area (Å²) < 4.78 is 5.04. The van der Waals surface area contributed by atoms with Gasteiger partial charge in [0.2, 0.25) is 0 Å². The molecule has 0 radical (unpaired) electrons. The fraction of sp³-hybridized carbons (Fsp3) is 0.800. The van der Waals surface area contributed by atoms with Crippen LogP contribution in [0.1, 0.15) is 19.8 Å². The lowest BCUT2D eigenvalue weighted by atomic mass is 9.99. The van der Waals surface area contributed by atoms with Gasteiger partial charge in [0.1, 0.15) is 5.76 Å². The molecule has 0 amide bonds. The molecule has 0 aliphatic carbocycles. The first-order valence-corrected chi connectivity index (χ1v) is 4.66. The van der Waals surface area contributed by atoms with Crippen molar-refractivity contribution in [2.75, 3.05) is 26.7 Å². The predicted octanol–water partition coefficient (Wildman–Crippen LogP) is 1.88. The van der Waals surface area contributed by atoms with Crippen LogP contribution in [-0.4, -0.2) is 31.6 Å². The van der Waals surface area contributed by atoms with Crippen molar-refractivity contribution in [1.29, 1.82) is 0 Å². The Morgan fingerprint density at radius 1 is 1.50 bits per heavy atom. The molecule has 70 valence electrons. The Labute approximate surface area is 75.2 Å². The topological polar surface area (TPSA) is 12.5 Å². The van der Waals surface area contributed by atoms with Gasteiger partial charge in [0, 0.05) is 0 Å². The van der Waals surface area contributed by atoms with Gasteiger partial charge in [-0.3, -0.25) is 4.90 Å². The van der Waals surface area contributed by atoms with Gasteiger partial charge in [0.15, 0.2) is 0 Å². The van der Waals surface area contributed by atoms with Crippen LogP contribution in [0.3, 0.4) is 0 Å². The summed E-state index contributed by atoms with van der Waals surface area (Å²) in [4.78, 5) is 2.41. The van der Waals surface area contributed by atoms with Crippen LogP contribution in [0.4, 0.5) is 0 Å². The minimum absolute atomic E-state index is 0.879. The van der Waals surface area contributed by atoms with Crippen LogP contribution in [0.5, 0.6) is 0 Å². The molecule has 0 spiro atoms. The maximum atomic E-state index is 5.04. The Morgan fingerprint density at radius 2 is 2.08 bits per heavy atom. The lowest BCUT2D eigenvalue weighted by Gasteiger charge is -2.30. The third kappa shape index (κ3) is 2.86. The van der Waals surface area contributed by atoms with E-state index in [0.717, 1.165) is 18.2 Å². The number of ether oxygens (including phenoxy) is 1. The van der Waals surface area contributed by atoms with Crippen LogP contribution in [0, 0.1) is 5.92 Å². The van der Waals surface area contributed by atoms with Gasteiger partial charge >= 0.3 is 0 Å². The Kier molecular flexibility index (Phi) is 3.60. The Balaban J connectivity index is 2.21. The van der Waals surface area contributed by atoms with E-state index in [1.54, 1.807) is 7.11 Å². The monoisotopic (exact) mass is 169 g/mol. The first-order chi connectivity index (χ1) is 5.72. The van der Waals surface area contributed by atoms with E-state index in [-0.39, 0.29) is 0 Å². The summed E-state index contributed by atoms with van der Waals surface area (Å²) in [6.45, 7) is 9.45. The molecule has 0 saturated carbocycles. The predicted molar refractivity (Wildman–Crippen MR) is 51.0 cm³/mol. The first-order valence-electron chi connectivity index (χ1n) is 4.66. The highest BCUT2D eigenvalue weighted by molar-refractivity contribution is 4.87. The number of piperidine rings is 1. The van der Waals surface area contributed by atoms with Crippen molar-refractivity contribution < 1.29 is 4.74 Å². The van der Waals surface area contributed by atoms with Crippen molar-refractivity contribution in [1.82, 2.24) is 4.90 Å². The van der Waals surface area contributed by atoms with Crippen molar-refractivity contribution in [2.45, 2.75) is 19.8 Å². The summed E-state index contributed by atoms with van der Waals surface area (Å²) in [5.41, 5.74) is 0. The summed E-state index contributed by atoms with van der Waals surface area (Å²) in [7, 11) is 1.69. The third-order valence-corrected chi connectivity index (χ3v) is 2.56. The molecule has 0 aromatic rings. The Bertz CT molecular complexity index is 148. The van der Waals surface area contributed by atoms with Gasteiger partial charge in [-0.2, -0.15) is 0 Å². The average Bonchev–Trinajstić information content (AvgIpc) is 2.09. The van der Waals surface area contributed by atoms with E-state index in [1.807, 2.05) is 0 Å². The minimum atomic E-state index is 0.879. The van der Waals surface area contributed by atoms with Crippen LogP contribution >= 0.6 is 0 Å². The number of hydrogen-bond donors (Lipinski definition) is 0. The van der Waals surface area contributed by atoms with Gasteiger partial charge in [0.05, 0.1) is 13.7 Å². The smallest absolute Gasteiger partial charge is 0.102 e. The van der Waals surface area contributed by atoms with Gasteiger partial charge in [-0.1, -0.05) is 13.5 Å². The maximum absolute atomic E-state index is 5.04. The van der Waals surface area contributed by atoms with E-state index in [2.05, 4.69) is 18.4 Å². The lowest BCUT2D eigenvalue weighted by Crippen LogP contribution is -2.34. The van der Waals surface area contributed by atoms with Crippen LogP contribution in [0.25, 0.3) is 0 Å². The molecule has 0 N–H and O–H groups in total. The quantitative estimate of drug-likeness (QED) is 0.598. The van der Waals surface area contributed by atoms with E-state index in [1.165, 1.54) is 25.9 Å². The standard InChI is InChI=1S/C10H19NO/c1-9-4-6-11(7-5-9)8-10(2)12-3/h9H,2,4-8H2,1,3H3. The molecule has 0 aromatic carbocycles. The fourth-order valence-electron chi connectivity index (χ4n) is 1.53. The van der Waals surface area contributed by atoms with E-state index in [9.17, 15) is 0 Å². The molecular formula is C10H19NO. The van der Waals surface area contributed by atoms with Crippen molar-refractivity contribution in [3.05, 3.63) is 12.3 Å². The second-order valence-corrected chi connectivity index (χ2v) is 3.70. The number of nitrogens with zero attached hydrogens (tertiary/aromatic N) is 1. The van der Waals surface area contributed by atoms with E-state index in [0.29, 0.717) is 0 Å². The summed E-state index contributed by atoms with van der Waals surface area (Å²) in [6.07, 6.45) is 2.63. The molecule has 1 rings (SSSR count). The SMILES string of the molecule is C=C(CN1CCC(C)CC1)OC. The molecule has 12 heavy (non-hydrogen) atoms. The van der Waals surface area contributed by atoms with Crippen LogP contribution in [-0.2, 0) is 4.74 Å². The van der Waals surface area contributed by atoms with E-state index in [4.69, 9.17) is 4.74 Å². The number of rotatable bonds is 3. The highest BCUT2D eigenvalue weighted by atomic mass is 16.5. The summed E-state index contributed by atoms with van der Waals surface area (Å²) in [5, 5.41) is 0. The summed E-state index contributed by atoms with van der Waals surface area (Å²) in [5.74, 6) is 1.78. The molecule has 0 bridgehead atoms. The van der Waals surface area contributed by atoms with E-state index >= 15 is 0 Å². The minimum Gasteiger partial charge on any atom is -0.500 e. The zero-order valence-corrected chi connectivity index (χ0v) is 8.18. The Morgan fingerprint density at radius 3 is 2.58 bits per heavy atom. The maximum Gasteiger partial charge on any atom is 0.102 e. The second-order valence-electron chi connectivity index (χ2n) is 3.70. The normalized spacial score (nSPS) is 20.8.